The molecule has 0 fully saturated rings. The number of carbonyl (C=O) groups is 1. The van der Waals surface area contributed by atoms with Gasteiger partial charge < -0.3 is 5.32 Å². The molecule has 1 radical (unpaired) electrons. The van der Waals surface area contributed by atoms with Gasteiger partial charge in [0.2, 0.25) is 5.91 Å². The molecule has 0 saturated heterocycles. The van der Waals surface area contributed by atoms with Crippen molar-refractivity contribution in [3.05, 3.63) is 0 Å². The lowest BCUT2D eigenvalue weighted by Crippen LogP contribution is -2.27. The Morgan fingerprint density at radius 2 is 2.09 bits per heavy atom. The second-order valence-electron chi connectivity index (χ2n) is 3.01. The van der Waals surface area contributed by atoms with Crippen molar-refractivity contribution in [3.8, 4) is 0 Å². The monoisotopic (exact) mass is 158 g/mol. The Morgan fingerprint density at radius 3 is 2.55 bits per heavy atom. The van der Waals surface area contributed by atoms with Crippen LogP contribution in [0.2, 0.25) is 0 Å². The highest BCUT2D eigenvalue weighted by Gasteiger charge is 2.00. The SMILES string of the molecule is CC(C)CNC(=O)CCC[O]. The van der Waals surface area contributed by atoms with Gasteiger partial charge >= 0.3 is 0 Å². The summed E-state index contributed by atoms with van der Waals surface area (Å²) in [5.41, 5.74) is 0. The van der Waals surface area contributed by atoms with E-state index in [2.05, 4.69) is 5.32 Å². The first-order chi connectivity index (χ1) is 5.16. The molecule has 0 unspecified atom stereocenters. The van der Waals surface area contributed by atoms with E-state index in [4.69, 9.17) is 0 Å². The van der Waals surface area contributed by atoms with Crippen LogP contribution >= 0.6 is 0 Å². The van der Waals surface area contributed by atoms with Gasteiger partial charge in [0.05, 0.1) is 6.61 Å². The number of carbonyl (C=O) groups excluding carboxylic acids is 1. The van der Waals surface area contributed by atoms with Crippen LogP contribution in [0.15, 0.2) is 0 Å². The largest absolute Gasteiger partial charge is 0.356 e. The number of hydrogen-bond donors (Lipinski definition) is 1. The maximum atomic E-state index is 10.9. The van der Waals surface area contributed by atoms with E-state index in [9.17, 15) is 9.90 Å². The second kappa shape index (κ2) is 6.16. The molecular weight excluding hydrogens is 142 g/mol. The molecule has 0 spiro atoms. The molecule has 0 rings (SSSR count). The van der Waals surface area contributed by atoms with Crippen LogP contribution in [0, 0.1) is 5.92 Å². The lowest BCUT2D eigenvalue weighted by atomic mass is 10.2. The summed E-state index contributed by atoms with van der Waals surface area (Å²) in [4.78, 5) is 10.9. The van der Waals surface area contributed by atoms with Crippen LogP contribution in [0.3, 0.4) is 0 Å². The van der Waals surface area contributed by atoms with Crippen molar-refractivity contribution >= 4 is 5.91 Å². The highest BCUT2D eigenvalue weighted by Crippen LogP contribution is 1.90. The van der Waals surface area contributed by atoms with Crippen LogP contribution in [-0.4, -0.2) is 19.1 Å². The molecule has 65 valence electrons. The molecular formula is C8H16NO2. The van der Waals surface area contributed by atoms with Crippen molar-refractivity contribution in [2.75, 3.05) is 13.2 Å². The molecule has 0 aromatic carbocycles. The smallest absolute Gasteiger partial charge is 0.220 e. The van der Waals surface area contributed by atoms with Gasteiger partial charge in [0.15, 0.2) is 0 Å². The zero-order valence-electron chi connectivity index (χ0n) is 7.22. The predicted molar refractivity (Wildman–Crippen MR) is 42.6 cm³/mol. The molecule has 1 amide bonds. The fourth-order valence-corrected chi connectivity index (χ4v) is 0.639. The lowest BCUT2D eigenvalue weighted by molar-refractivity contribution is -0.121. The minimum atomic E-state index is -0.158. The van der Waals surface area contributed by atoms with Gasteiger partial charge in [-0.25, -0.2) is 5.11 Å². The minimum Gasteiger partial charge on any atom is -0.356 e. The first-order valence-electron chi connectivity index (χ1n) is 4.01. The van der Waals surface area contributed by atoms with E-state index in [1.807, 2.05) is 13.8 Å². The van der Waals surface area contributed by atoms with Gasteiger partial charge in [-0.15, -0.1) is 0 Å². The van der Waals surface area contributed by atoms with E-state index in [0.29, 0.717) is 25.3 Å². The van der Waals surface area contributed by atoms with E-state index in [1.54, 1.807) is 0 Å². The summed E-state index contributed by atoms with van der Waals surface area (Å²) in [5.74, 6) is 0.473. The van der Waals surface area contributed by atoms with Gasteiger partial charge in [0.1, 0.15) is 0 Å². The zero-order chi connectivity index (χ0) is 8.69. The van der Waals surface area contributed by atoms with E-state index >= 15 is 0 Å². The molecule has 0 saturated carbocycles. The van der Waals surface area contributed by atoms with Gasteiger partial charge in [-0.3, -0.25) is 4.79 Å². The number of rotatable bonds is 5. The number of nitrogens with one attached hydrogen (secondary N) is 1. The Hall–Kier alpha value is -0.570. The molecule has 3 heteroatoms. The van der Waals surface area contributed by atoms with Crippen LogP contribution in [0.1, 0.15) is 26.7 Å². The average molecular weight is 158 g/mol. The highest BCUT2D eigenvalue weighted by molar-refractivity contribution is 5.75. The van der Waals surface area contributed by atoms with Crippen molar-refractivity contribution in [3.63, 3.8) is 0 Å². The van der Waals surface area contributed by atoms with Crippen molar-refractivity contribution in [2.45, 2.75) is 26.7 Å². The Balaban J connectivity index is 3.23. The summed E-state index contributed by atoms with van der Waals surface area (Å²) in [6.07, 6.45) is 0.820. The van der Waals surface area contributed by atoms with Gasteiger partial charge in [-0.05, 0) is 12.3 Å². The number of hydrogen-bond acceptors (Lipinski definition) is 1. The second-order valence-corrected chi connectivity index (χ2v) is 3.01. The van der Waals surface area contributed by atoms with Crippen LogP contribution in [0.4, 0.5) is 0 Å². The quantitative estimate of drug-likeness (QED) is 0.636. The molecule has 0 aliphatic carbocycles. The fourth-order valence-electron chi connectivity index (χ4n) is 0.639. The lowest BCUT2D eigenvalue weighted by Gasteiger charge is -2.05. The van der Waals surface area contributed by atoms with Gasteiger partial charge in [0, 0.05) is 13.0 Å². The zero-order valence-corrected chi connectivity index (χ0v) is 7.22. The average Bonchev–Trinajstić information content (AvgIpc) is 1.97. The summed E-state index contributed by atoms with van der Waals surface area (Å²) in [6, 6.07) is 0. The summed E-state index contributed by atoms with van der Waals surface area (Å²) in [6.45, 7) is 4.62. The summed E-state index contributed by atoms with van der Waals surface area (Å²) in [5, 5.41) is 12.7. The molecule has 0 heterocycles. The van der Waals surface area contributed by atoms with Crippen LogP contribution in [0.5, 0.6) is 0 Å². The first kappa shape index (κ1) is 10.4. The summed E-state index contributed by atoms with van der Waals surface area (Å²) in [7, 11) is 0. The van der Waals surface area contributed by atoms with Crippen molar-refractivity contribution < 1.29 is 9.90 Å². The van der Waals surface area contributed by atoms with Crippen LogP contribution < -0.4 is 5.32 Å². The molecule has 3 nitrogen and oxygen atoms in total. The molecule has 0 aromatic rings. The van der Waals surface area contributed by atoms with E-state index in [0.717, 1.165) is 0 Å². The molecule has 11 heavy (non-hydrogen) atoms. The number of amides is 1. The normalized spacial score (nSPS) is 10.2. The van der Waals surface area contributed by atoms with E-state index in [-0.39, 0.29) is 12.5 Å². The third-order valence-electron chi connectivity index (χ3n) is 1.26. The van der Waals surface area contributed by atoms with Crippen LogP contribution in [0.25, 0.3) is 0 Å². The maximum absolute atomic E-state index is 10.9. The van der Waals surface area contributed by atoms with Gasteiger partial charge in [-0.1, -0.05) is 13.8 Å². The van der Waals surface area contributed by atoms with E-state index in [1.165, 1.54) is 0 Å². The van der Waals surface area contributed by atoms with Crippen LogP contribution in [-0.2, 0) is 9.90 Å². The molecule has 0 atom stereocenters. The summed E-state index contributed by atoms with van der Waals surface area (Å²) >= 11 is 0. The standard InChI is InChI=1S/C8H16NO2/c1-7(2)6-9-8(11)4-3-5-10/h7H,3-6H2,1-2H3,(H,9,11). The summed E-state index contributed by atoms with van der Waals surface area (Å²) < 4.78 is 0. The molecule has 1 N–H and O–H groups in total. The first-order valence-corrected chi connectivity index (χ1v) is 4.01. The fraction of sp³-hybridized carbons (Fsp3) is 0.875. The molecule has 0 aliphatic heterocycles. The Kier molecular flexibility index (Phi) is 5.84. The molecule has 0 aliphatic rings. The predicted octanol–water partition coefficient (Wildman–Crippen LogP) is 0.969. The van der Waals surface area contributed by atoms with Gasteiger partial charge in [-0.2, -0.15) is 0 Å². The maximum Gasteiger partial charge on any atom is 0.220 e. The van der Waals surface area contributed by atoms with Crippen molar-refractivity contribution in [2.24, 2.45) is 5.92 Å². The molecule has 0 aromatic heterocycles. The topological polar surface area (TPSA) is 49.0 Å². The van der Waals surface area contributed by atoms with E-state index < -0.39 is 0 Å². The third-order valence-corrected chi connectivity index (χ3v) is 1.26. The third kappa shape index (κ3) is 7.33. The van der Waals surface area contributed by atoms with Gasteiger partial charge in [0.25, 0.3) is 0 Å². The van der Waals surface area contributed by atoms with Crippen molar-refractivity contribution in [1.82, 2.24) is 5.32 Å². The highest BCUT2D eigenvalue weighted by atomic mass is 16.3. The minimum absolute atomic E-state index is 0.00505. The Labute approximate surface area is 67.8 Å². The Bertz CT molecular complexity index is 113. The molecule has 0 bridgehead atoms. The Morgan fingerprint density at radius 1 is 1.45 bits per heavy atom. The van der Waals surface area contributed by atoms with Crippen molar-refractivity contribution in [1.29, 1.82) is 0 Å².